The topological polar surface area (TPSA) is 126 Å². The Labute approximate surface area is 118 Å². The summed E-state index contributed by atoms with van der Waals surface area (Å²) in [7, 11) is 0. The molecule has 1 aliphatic rings. The van der Waals surface area contributed by atoms with Crippen molar-refractivity contribution >= 4 is 29.1 Å². The number of rotatable bonds is 4. The lowest BCUT2D eigenvalue weighted by atomic mass is 10.1. The van der Waals surface area contributed by atoms with E-state index >= 15 is 0 Å². The van der Waals surface area contributed by atoms with E-state index in [0.717, 1.165) is 0 Å². The summed E-state index contributed by atoms with van der Waals surface area (Å²) in [5.41, 5.74) is 5.63. The van der Waals surface area contributed by atoms with Gasteiger partial charge in [0.25, 0.3) is 5.91 Å². The maximum Gasteiger partial charge on any atom is 0.305 e. The van der Waals surface area contributed by atoms with Crippen molar-refractivity contribution in [3.05, 3.63) is 16.1 Å². The fourth-order valence-corrected chi connectivity index (χ4v) is 2.62. The van der Waals surface area contributed by atoms with Gasteiger partial charge in [-0.25, -0.2) is 4.98 Å². The molecule has 4 N–H and O–H groups in total. The molecule has 0 aromatic carbocycles. The normalized spacial score (nSPS) is 18.8. The predicted octanol–water partition coefficient (Wildman–Crippen LogP) is -0.983. The molecule has 8 nitrogen and oxygen atoms in total. The van der Waals surface area contributed by atoms with Gasteiger partial charge in [0.2, 0.25) is 5.91 Å². The zero-order valence-electron chi connectivity index (χ0n) is 10.5. The van der Waals surface area contributed by atoms with Crippen molar-refractivity contribution in [3.63, 3.8) is 0 Å². The SMILES string of the molecule is NCc1nc(C(=O)N2CCNC(=O)C2CC(=O)O)cs1. The van der Waals surface area contributed by atoms with E-state index in [1.807, 2.05) is 0 Å². The lowest BCUT2D eigenvalue weighted by molar-refractivity contribution is -0.142. The number of thiazole rings is 1. The third-order valence-corrected chi connectivity index (χ3v) is 3.78. The molecule has 0 spiro atoms. The molecule has 1 aliphatic heterocycles. The Morgan fingerprint density at radius 2 is 2.35 bits per heavy atom. The number of piperazine rings is 1. The predicted molar refractivity (Wildman–Crippen MR) is 70.1 cm³/mol. The van der Waals surface area contributed by atoms with Gasteiger partial charge in [0, 0.05) is 25.0 Å². The Balaban J connectivity index is 2.20. The average molecular weight is 298 g/mol. The molecule has 1 aromatic rings. The van der Waals surface area contributed by atoms with Crippen molar-refractivity contribution in [2.45, 2.75) is 19.0 Å². The fraction of sp³-hybridized carbons (Fsp3) is 0.455. The van der Waals surface area contributed by atoms with Crippen LogP contribution in [0.5, 0.6) is 0 Å². The Morgan fingerprint density at radius 3 is 2.95 bits per heavy atom. The highest BCUT2D eigenvalue weighted by Gasteiger charge is 2.35. The fourth-order valence-electron chi connectivity index (χ4n) is 1.98. The molecule has 1 atom stereocenters. The van der Waals surface area contributed by atoms with Crippen LogP contribution in [0.1, 0.15) is 21.9 Å². The molecule has 0 bridgehead atoms. The van der Waals surface area contributed by atoms with Gasteiger partial charge in [0.05, 0.1) is 6.42 Å². The van der Waals surface area contributed by atoms with E-state index in [4.69, 9.17) is 10.8 Å². The number of carbonyl (C=O) groups is 3. The number of aromatic nitrogens is 1. The molecule has 108 valence electrons. The monoisotopic (exact) mass is 298 g/mol. The van der Waals surface area contributed by atoms with E-state index in [1.54, 1.807) is 5.38 Å². The van der Waals surface area contributed by atoms with Gasteiger partial charge in [-0.3, -0.25) is 14.4 Å². The summed E-state index contributed by atoms with van der Waals surface area (Å²) in [5, 5.41) is 13.6. The number of nitrogens with one attached hydrogen (secondary N) is 1. The van der Waals surface area contributed by atoms with Gasteiger partial charge in [-0.2, -0.15) is 0 Å². The third-order valence-electron chi connectivity index (χ3n) is 2.91. The molecule has 9 heteroatoms. The molecular weight excluding hydrogens is 284 g/mol. The molecule has 2 amide bonds. The van der Waals surface area contributed by atoms with E-state index in [2.05, 4.69) is 10.3 Å². The van der Waals surface area contributed by atoms with Gasteiger partial charge >= 0.3 is 5.97 Å². The number of nitrogens with zero attached hydrogens (tertiary/aromatic N) is 2. The third kappa shape index (κ3) is 2.94. The summed E-state index contributed by atoms with van der Waals surface area (Å²) in [6, 6.07) is -1.00. The Hall–Kier alpha value is -2.00. The first-order chi connectivity index (χ1) is 9.52. The largest absolute Gasteiger partial charge is 0.481 e. The first-order valence-electron chi connectivity index (χ1n) is 5.98. The number of carboxylic acid groups (broad SMARTS) is 1. The number of aliphatic carboxylic acids is 1. The number of nitrogens with two attached hydrogens (primary N) is 1. The minimum absolute atomic E-state index is 0.195. The lowest BCUT2D eigenvalue weighted by Gasteiger charge is -2.33. The summed E-state index contributed by atoms with van der Waals surface area (Å²) < 4.78 is 0. The minimum Gasteiger partial charge on any atom is -0.481 e. The van der Waals surface area contributed by atoms with Crippen LogP contribution in [0.4, 0.5) is 0 Å². The maximum atomic E-state index is 12.3. The highest BCUT2D eigenvalue weighted by atomic mass is 32.1. The maximum absolute atomic E-state index is 12.3. The second-order valence-electron chi connectivity index (χ2n) is 4.23. The van der Waals surface area contributed by atoms with Crippen LogP contribution >= 0.6 is 11.3 Å². The van der Waals surface area contributed by atoms with Crippen molar-refractivity contribution in [2.24, 2.45) is 5.73 Å². The average Bonchev–Trinajstić information content (AvgIpc) is 2.88. The zero-order chi connectivity index (χ0) is 14.7. The van der Waals surface area contributed by atoms with Crippen LogP contribution in [0, 0.1) is 0 Å². The molecule has 1 fully saturated rings. The quantitative estimate of drug-likeness (QED) is 0.656. The van der Waals surface area contributed by atoms with E-state index in [0.29, 0.717) is 11.6 Å². The van der Waals surface area contributed by atoms with Crippen LogP contribution in [-0.4, -0.2) is 51.9 Å². The molecule has 20 heavy (non-hydrogen) atoms. The molecule has 0 aliphatic carbocycles. The highest BCUT2D eigenvalue weighted by molar-refractivity contribution is 7.09. The Morgan fingerprint density at radius 1 is 1.60 bits per heavy atom. The number of hydrogen-bond donors (Lipinski definition) is 3. The van der Waals surface area contributed by atoms with Crippen LogP contribution in [0.15, 0.2) is 5.38 Å². The summed E-state index contributed by atoms with van der Waals surface area (Å²) in [4.78, 5) is 40.2. The summed E-state index contributed by atoms with van der Waals surface area (Å²) >= 11 is 1.26. The summed E-state index contributed by atoms with van der Waals surface area (Å²) in [6.07, 6.45) is -0.425. The molecule has 1 saturated heterocycles. The Bertz CT molecular complexity index is 544. The van der Waals surface area contributed by atoms with Gasteiger partial charge in [-0.05, 0) is 0 Å². The lowest BCUT2D eigenvalue weighted by Crippen LogP contribution is -2.57. The molecular formula is C11H14N4O4S. The second kappa shape index (κ2) is 5.97. The molecule has 1 aromatic heterocycles. The number of amides is 2. The van der Waals surface area contributed by atoms with Crippen molar-refractivity contribution in [2.75, 3.05) is 13.1 Å². The van der Waals surface area contributed by atoms with Gasteiger partial charge in [0.1, 0.15) is 16.7 Å². The van der Waals surface area contributed by atoms with Crippen LogP contribution in [0.2, 0.25) is 0 Å². The molecule has 1 unspecified atom stereocenters. The molecule has 0 radical (unpaired) electrons. The van der Waals surface area contributed by atoms with E-state index < -0.39 is 30.2 Å². The molecule has 2 heterocycles. The minimum atomic E-state index is -1.13. The second-order valence-corrected chi connectivity index (χ2v) is 5.18. The summed E-state index contributed by atoms with van der Waals surface area (Å²) in [6.45, 7) is 0.795. The van der Waals surface area contributed by atoms with Gasteiger partial charge in [-0.15, -0.1) is 11.3 Å². The van der Waals surface area contributed by atoms with Crippen molar-refractivity contribution < 1.29 is 19.5 Å². The van der Waals surface area contributed by atoms with E-state index in [9.17, 15) is 14.4 Å². The van der Waals surface area contributed by atoms with Crippen molar-refractivity contribution in [1.29, 1.82) is 0 Å². The van der Waals surface area contributed by atoms with Crippen LogP contribution in [-0.2, 0) is 16.1 Å². The first kappa shape index (κ1) is 14.4. The van der Waals surface area contributed by atoms with Crippen LogP contribution in [0.25, 0.3) is 0 Å². The number of carbonyl (C=O) groups excluding carboxylic acids is 2. The highest BCUT2D eigenvalue weighted by Crippen LogP contribution is 2.16. The number of carboxylic acids is 1. The molecule has 0 saturated carbocycles. The van der Waals surface area contributed by atoms with Gasteiger partial charge in [0.15, 0.2) is 0 Å². The zero-order valence-corrected chi connectivity index (χ0v) is 11.4. The number of hydrogen-bond acceptors (Lipinski definition) is 6. The van der Waals surface area contributed by atoms with Gasteiger partial charge in [-0.1, -0.05) is 0 Å². The van der Waals surface area contributed by atoms with Crippen LogP contribution < -0.4 is 11.1 Å². The Kier molecular flexibility index (Phi) is 4.30. The van der Waals surface area contributed by atoms with E-state index in [-0.39, 0.29) is 18.8 Å². The van der Waals surface area contributed by atoms with Gasteiger partial charge < -0.3 is 21.1 Å². The first-order valence-corrected chi connectivity index (χ1v) is 6.86. The van der Waals surface area contributed by atoms with E-state index in [1.165, 1.54) is 16.2 Å². The van der Waals surface area contributed by atoms with Crippen molar-refractivity contribution in [3.8, 4) is 0 Å². The standard InChI is InChI=1S/C11H14N4O4S/c12-4-8-14-6(5-20-8)11(19)15-2-1-13-10(18)7(15)3-9(16)17/h5,7H,1-4,12H2,(H,13,18)(H,16,17). The van der Waals surface area contributed by atoms with Crippen molar-refractivity contribution in [1.82, 2.24) is 15.2 Å². The summed E-state index contributed by atoms with van der Waals surface area (Å²) in [5.74, 6) is -2.03. The smallest absolute Gasteiger partial charge is 0.305 e. The molecule has 2 rings (SSSR count). The van der Waals surface area contributed by atoms with Crippen LogP contribution in [0.3, 0.4) is 0 Å².